The second-order valence-corrected chi connectivity index (χ2v) is 3.02. The molecule has 3 nitrogen and oxygen atoms in total. The number of aliphatic hydroxyl groups is 1. The molecule has 0 saturated carbocycles. The molecule has 0 aliphatic heterocycles. The number of halogens is 4. The van der Waals surface area contributed by atoms with Crippen LogP contribution in [-0.2, 0) is 0 Å². The van der Waals surface area contributed by atoms with Crippen molar-refractivity contribution >= 4 is 0 Å². The van der Waals surface area contributed by atoms with Crippen molar-refractivity contribution in [2.75, 3.05) is 6.61 Å². The van der Waals surface area contributed by atoms with Crippen LogP contribution in [0, 0.1) is 5.82 Å². The van der Waals surface area contributed by atoms with E-state index in [0.717, 1.165) is 18.2 Å². The molecule has 0 spiro atoms. The van der Waals surface area contributed by atoms with Gasteiger partial charge in [0.2, 0.25) is 0 Å². The molecule has 7 heteroatoms. The number of rotatable bonds is 3. The monoisotopic (exact) mass is 239 g/mol. The van der Waals surface area contributed by atoms with Gasteiger partial charge in [-0.3, -0.25) is 0 Å². The number of hydrogen-bond acceptors (Lipinski definition) is 3. The van der Waals surface area contributed by atoms with E-state index in [4.69, 9.17) is 10.8 Å². The molecule has 0 aliphatic carbocycles. The number of aliphatic hydroxyl groups excluding tert-OH is 1. The van der Waals surface area contributed by atoms with Gasteiger partial charge >= 0.3 is 6.36 Å². The van der Waals surface area contributed by atoms with Crippen LogP contribution in [0.2, 0.25) is 0 Å². The fourth-order valence-electron chi connectivity index (χ4n) is 1.10. The van der Waals surface area contributed by atoms with Crippen LogP contribution in [0.1, 0.15) is 11.6 Å². The molecule has 3 N–H and O–H groups in total. The molecule has 1 aromatic carbocycles. The smallest absolute Gasteiger partial charge is 0.406 e. The van der Waals surface area contributed by atoms with Gasteiger partial charge in [-0.05, 0) is 18.2 Å². The van der Waals surface area contributed by atoms with Gasteiger partial charge in [0.1, 0.15) is 11.6 Å². The van der Waals surface area contributed by atoms with Crippen LogP contribution in [0.3, 0.4) is 0 Å². The summed E-state index contributed by atoms with van der Waals surface area (Å²) < 4.78 is 52.3. The van der Waals surface area contributed by atoms with Crippen molar-refractivity contribution in [3.63, 3.8) is 0 Å². The molecule has 0 bridgehead atoms. The number of benzene rings is 1. The Hall–Kier alpha value is -1.34. The van der Waals surface area contributed by atoms with E-state index in [-0.39, 0.29) is 5.56 Å². The first-order valence-corrected chi connectivity index (χ1v) is 4.25. The molecule has 0 fully saturated rings. The van der Waals surface area contributed by atoms with E-state index in [1.54, 1.807) is 0 Å². The lowest BCUT2D eigenvalue weighted by Gasteiger charge is -2.13. The zero-order chi connectivity index (χ0) is 12.3. The van der Waals surface area contributed by atoms with Gasteiger partial charge in [-0.15, -0.1) is 13.2 Å². The van der Waals surface area contributed by atoms with Gasteiger partial charge in [-0.1, -0.05) is 0 Å². The van der Waals surface area contributed by atoms with Crippen molar-refractivity contribution in [1.82, 2.24) is 0 Å². The quantitative estimate of drug-likeness (QED) is 0.789. The van der Waals surface area contributed by atoms with Gasteiger partial charge in [0.15, 0.2) is 0 Å². The first-order chi connectivity index (χ1) is 7.33. The van der Waals surface area contributed by atoms with E-state index in [0.29, 0.717) is 0 Å². The second kappa shape index (κ2) is 4.67. The topological polar surface area (TPSA) is 55.5 Å². The van der Waals surface area contributed by atoms with Crippen LogP contribution in [0.5, 0.6) is 5.75 Å². The molecule has 1 aromatic rings. The lowest BCUT2D eigenvalue weighted by atomic mass is 10.1. The minimum absolute atomic E-state index is 0.232. The molecule has 0 heterocycles. The number of nitrogens with two attached hydrogens (primary N) is 1. The highest BCUT2D eigenvalue weighted by atomic mass is 19.4. The molecule has 90 valence electrons. The third-order valence-electron chi connectivity index (χ3n) is 1.80. The van der Waals surface area contributed by atoms with Gasteiger partial charge in [0, 0.05) is 5.56 Å². The Bertz CT molecular complexity index is 367. The highest BCUT2D eigenvalue weighted by Gasteiger charge is 2.31. The third-order valence-corrected chi connectivity index (χ3v) is 1.80. The lowest BCUT2D eigenvalue weighted by Crippen LogP contribution is -2.19. The highest BCUT2D eigenvalue weighted by molar-refractivity contribution is 5.32. The molecule has 16 heavy (non-hydrogen) atoms. The summed E-state index contributed by atoms with van der Waals surface area (Å²) in [7, 11) is 0. The maximum absolute atomic E-state index is 13.1. The van der Waals surface area contributed by atoms with E-state index >= 15 is 0 Å². The predicted molar refractivity (Wildman–Crippen MR) is 47.1 cm³/mol. The number of hydrogen-bond donors (Lipinski definition) is 2. The Balaban J connectivity index is 2.98. The Kier molecular flexibility index (Phi) is 3.71. The van der Waals surface area contributed by atoms with Crippen LogP contribution in [0.15, 0.2) is 18.2 Å². The SMILES string of the molecule is N[C@@H](CO)c1cc(OC(F)(F)F)ccc1F. The molecule has 1 atom stereocenters. The first kappa shape index (κ1) is 12.7. The maximum atomic E-state index is 13.1. The summed E-state index contributed by atoms with van der Waals surface area (Å²) in [5, 5.41) is 8.68. The normalized spacial score (nSPS) is 13.6. The van der Waals surface area contributed by atoms with E-state index in [2.05, 4.69) is 4.74 Å². The van der Waals surface area contributed by atoms with Crippen molar-refractivity contribution in [1.29, 1.82) is 0 Å². The van der Waals surface area contributed by atoms with Gasteiger partial charge in [-0.25, -0.2) is 4.39 Å². The van der Waals surface area contributed by atoms with Gasteiger partial charge in [0.05, 0.1) is 12.6 Å². The van der Waals surface area contributed by atoms with Crippen molar-refractivity contribution in [2.24, 2.45) is 5.73 Å². The summed E-state index contributed by atoms with van der Waals surface area (Å²) in [5.41, 5.74) is 5.07. The van der Waals surface area contributed by atoms with Crippen LogP contribution in [0.25, 0.3) is 0 Å². The first-order valence-electron chi connectivity index (χ1n) is 4.25. The number of ether oxygens (including phenoxy) is 1. The molecule has 0 saturated heterocycles. The van der Waals surface area contributed by atoms with Crippen LogP contribution >= 0.6 is 0 Å². The fourth-order valence-corrected chi connectivity index (χ4v) is 1.10. The third kappa shape index (κ3) is 3.35. The fraction of sp³-hybridized carbons (Fsp3) is 0.333. The molecule has 1 rings (SSSR count). The molecule has 0 aromatic heterocycles. The Morgan fingerprint density at radius 2 is 2.00 bits per heavy atom. The zero-order valence-corrected chi connectivity index (χ0v) is 7.96. The maximum Gasteiger partial charge on any atom is 0.573 e. The largest absolute Gasteiger partial charge is 0.573 e. The summed E-state index contributed by atoms with van der Waals surface area (Å²) in [6.45, 7) is -0.577. The predicted octanol–water partition coefficient (Wildman–Crippen LogP) is 1.72. The molecule has 0 amide bonds. The minimum atomic E-state index is -4.85. The van der Waals surface area contributed by atoms with Gasteiger partial charge in [0.25, 0.3) is 0 Å². The Labute approximate surface area is 88.4 Å². The average Bonchev–Trinajstić information content (AvgIpc) is 2.18. The highest BCUT2D eigenvalue weighted by Crippen LogP contribution is 2.26. The van der Waals surface area contributed by atoms with Crippen molar-refractivity contribution in [3.05, 3.63) is 29.6 Å². The van der Waals surface area contributed by atoms with E-state index in [1.165, 1.54) is 0 Å². The van der Waals surface area contributed by atoms with Crippen LogP contribution in [-0.4, -0.2) is 18.1 Å². The Morgan fingerprint density at radius 3 is 2.50 bits per heavy atom. The van der Waals surface area contributed by atoms with E-state index < -0.39 is 30.6 Å². The average molecular weight is 239 g/mol. The van der Waals surface area contributed by atoms with E-state index in [1.807, 2.05) is 0 Å². The van der Waals surface area contributed by atoms with Gasteiger partial charge in [-0.2, -0.15) is 0 Å². The summed E-state index contributed by atoms with van der Waals surface area (Å²) in [4.78, 5) is 0. The molecule has 0 unspecified atom stereocenters. The molecular weight excluding hydrogens is 230 g/mol. The minimum Gasteiger partial charge on any atom is -0.406 e. The Morgan fingerprint density at radius 1 is 1.38 bits per heavy atom. The summed E-state index contributed by atoms with van der Waals surface area (Å²) >= 11 is 0. The zero-order valence-electron chi connectivity index (χ0n) is 7.96. The van der Waals surface area contributed by atoms with Crippen molar-refractivity contribution < 1.29 is 27.4 Å². The summed E-state index contributed by atoms with van der Waals surface area (Å²) in [5.74, 6) is -1.37. The van der Waals surface area contributed by atoms with Crippen molar-refractivity contribution in [2.45, 2.75) is 12.4 Å². The van der Waals surface area contributed by atoms with E-state index in [9.17, 15) is 17.6 Å². The standard InChI is InChI=1S/C9H9F4NO2/c10-7-2-1-5(16-9(11,12)13)3-6(7)8(14)4-15/h1-3,8,15H,4,14H2/t8-/m0/s1. The van der Waals surface area contributed by atoms with Crippen molar-refractivity contribution in [3.8, 4) is 5.75 Å². The summed E-state index contributed by atoms with van der Waals surface area (Å²) in [6, 6.07) is 1.35. The molecular formula is C9H9F4NO2. The van der Waals surface area contributed by atoms with Crippen LogP contribution in [0.4, 0.5) is 17.6 Å². The molecule has 0 aliphatic rings. The second-order valence-electron chi connectivity index (χ2n) is 3.02. The molecule has 0 radical (unpaired) electrons. The lowest BCUT2D eigenvalue weighted by molar-refractivity contribution is -0.274. The van der Waals surface area contributed by atoms with Gasteiger partial charge < -0.3 is 15.6 Å². The summed E-state index contributed by atoms with van der Waals surface area (Å²) in [6.07, 6.45) is -4.85. The van der Waals surface area contributed by atoms with Crippen LogP contribution < -0.4 is 10.5 Å². The number of alkyl halides is 3.